The second kappa shape index (κ2) is 7.81. The van der Waals surface area contributed by atoms with Gasteiger partial charge in [0.25, 0.3) is 5.91 Å². The molecule has 0 aliphatic heterocycles. The van der Waals surface area contributed by atoms with Crippen molar-refractivity contribution in [3.63, 3.8) is 0 Å². The van der Waals surface area contributed by atoms with Crippen molar-refractivity contribution in [3.05, 3.63) is 59.7 Å². The van der Waals surface area contributed by atoms with E-state index in [1.54, 1.807) is 55.6 Å². The van der Waals surface area contributed by atoms with E-state index in [9.17, 15) is 4.79 Å². The molecule has 5 nitrogen and oxygen atoms in total. The van der Waals surface area contributed by atoms with Crippen LogP contribution in [-0.4, -0.2) is 26.2 Å². The highest BCUT2D eigenvalue weighted by Crippen LogP contribution is 2.20. The van der Waals surface area contributed by atoms with Crippen molar-refractivity contribution >= 4 is 11.6 Å². The minimum atomic E-state index is -0.266. The van der Waals surface area contributed by atoms with Crippen LogP contribution in [0.3, 0.4) is 0 Å². The van der Waals surface area contributed by atoms with Gasteiger partial charge in [-0.15, -0.1) is 0 Å². The number of hydrogen-bond acceptors (Lipinski definition) is 4. The van der Waals surface area contributed by atoms with Crippen LogP contribution in [0.5, 0.6) is 5.75 Å². The van der Waals surface area contributed by atoms with Crippen LogP contribution in [0.1, 0.15) is 15.9 Å². The van der Waals surface area contributed by atoms with Gasteiger partial charge in [0.05, 0.1) is 23.8 Å². The standard InChI is InChI=1S/C17H16N2O3/c1-21-10-11-22-16-5-3-2-4-15(16)17(20)19-14-8-6-13(12-18)7-9-14/h2-9H,10-11H2,1H3,(H,19,20). The van der Waals surface area contributed by atoms with E-state index in [-0.39, 0.29) is 5.91 Å². The molecule has 0 atom stereocenters. The van der Waals surface area contributed by atoms with Crippen LogP contribution in [0.15, 0.2) is 48.5 Å². The molecule has 1 N–H and O–H groups in total. The van der Waals surface area contributed by atoms with Crippen molar-refractivity contribution in [1.82, 2.24) is 0 Å². The van der Waals surface area contributed by atoms with E-state index in [0.29, 0.717) is 35.8 Å². The van der Waals surface area contributed by atoms with E-state index in [1.807, 2.05) is 6.07 Å². The molecule has 0 radical (unpaired) electrons. The van der Waals surface area contributed by atoms with E-state index in [2.05, 4.69) is 5.32 Å². The number of amides is 1. The predicted octanol–water partition coefficient (Wildman–Crippen LogP) is 2.84. The molecule has 0 aliphatic rings. The first-order chi connectivity index (χ1) is 10.7. The summed E-state index contributed by atoms with van der Waals surface area (Å²) in [5, 5.41) is 11.5. The summed E-state index contributed by atoms with van der Waals surface area (Å²) in [4.78, 5) is 12.3. The van der Waals surface area contributed by atoms with Gasteiger partial charge in [0, 0.05) is 12.8 Å². The Kier molecular flexibility index (Phi) is 5.52. The number of nitrogens with zero attached hydrogens (tertiary/aromatic N) is 1. The Hall–Kier alpha value is -2.84. The van der Waals surface area contributed by atoms with Gasteiger partial charge >= 0.3 is 0 Å². The third-order valence-electron chi connectivity index (χ3n) is 2.95. The number of carbonyl (C=O) groups excluding carboxylic acids is 1. The highest BCUT2D eigenvalue weighted by molar-refractivity contribution is 6.06. The average molecular weight is 296 g/mol. The number of carbonyl (C=O) groups is 1. The second-order valence-corrected chi connectivity index (χ2v) is 4.48. The Balaban J connectivity index is 2.10. The van der Waals surface area contributed by atoms with Crippen LogP contribution in [-0.2, 0) is 4.74 Å². The lowest BCUT2D eigenvalue weighted by atomic mass is 10.1. The lowest BCUT2D eigenvalue weighted by Gasteiger charge is -2.11. The summed E-state index contributed by atoms with van der Waals surface area (Å²) in [5.74, 6) is 0.239. The topological polar surface area (TPSA) is 71.3 Å². The summed E-state index contributed by atoms with van der Waals surface area (Å²) in [6, 6.07) is 15.7. The lowest BCUT2D eigenvalue weighted by Crippen LogP contribution is -2.14. The largest absolute Gasteiger partial charge is 0.490 e. The molecular weight excluding hydrogens is 280 g/mol. The number of ether oxygens (including phenoxy) is 2. The molecular formula is C17H16N2O3. The number of benzene rings is 2. The minimum Gasteiger partial charge on any atom is -0.490 e. The van der Waals surface area contributed by atoms with Gasteiger partial charge in [-0.2, -0.15) is 5.26 Å². The van der Waals surface area contributed by atoms with Crippen LogP contribution in [0.25, 0.3) is 0 Å². The molecule has 0 fully saturated rings. The number of anilines is 1. The Bertz CT molecular complexity index is 675. The van der Waals surface area contributed by atoms with Gasteiger partial charge in [-0.3, -0.25) is 4.79 Å². The Morgan fingerprint density at radius 1 is 1.14 bits per heavy atom. The molecule has 0 unspecified atom stereocenters. The molecule has 5 heteroatoms. The normalized spacial score (nSPS) is 9.82. The van der Waals surface area contributed by atoms with Crippen molar-refractivity contribution in [2.75, 3.05) is 25.6 Å². The van der Waals surface area contributed by atoms with Crippen LogP contribution < -0.4 is 10.1 Å². The van der Waals surface area contributed by atoms with Crippen LogP contribution in [0.4, 0.5) is 5.69 Å². The minimum absolute atomic E-state index is 0.266. The van der Waals surface area contributed by atoms with Crippen LogP contribution >= 0.6 is 0 Å². The van der Waals surface area contributed by atoms with Gasteiger partial charge in [-0.05, 0) is 36.4 Å². The average Bonchev–Trinajstić information content (AvgIpc) is 2.56. The molecule has 0 spiro atoms. The van der Waals surface area contributed by atoms with Gasteiger partial charge in [0.1, 0.15) is 12.4 Å². The summed E-state index contributed by atoms with van der Waals surface area (Å²) in [7, 11) is 1.59. The van der Waals surface area contributed by atoms with E-state index in [4.69, 9.17) is 14.7 Å². The van der Waals surface area contributed by atoms with Crippen molar-refractivity contribution in [2.45, 2.75) is 0 Å². The first-order valence-corrected chi connectivity index (χ1v) is 6.77. The van der Waals surface area contributed by atoms with Gasteiger partial charge in [-0.1, -0.05) is 12.1 Å². The molecule has 1 amide bonds. The van der Waals surface area contributed by atoms with Crippen LogP contribution in [0, 0.1) is 11.3 Å². The molecule has 0 aromatic heterocycles. The number of nitriles is 1. The number of rotatable bonds is 6. The number of para-hydroxylation sites is 1. The number of methoxy groups -OCH3 is 1. The molecule has 0 bridgehead atoms. The fraction of sp³-hybridized carbons (Fsp3) is 0.176. The zero-order chi connectivity index (χ0) is 15.8. The Morgan fingerprint density at radius 3 is 2.55 bits per heavy atom. The molecule has 2 aromatic carbocycles. The van der Waals surface area contributed by atoms with E-state index in [0.717, 1.165) is 0 Å². The molecule has 0 aliphatic carbocycles. The van der Waals surface area contributed by atoms with Crippen molar-refractivity contribution < 1.29 is 14.3 Å². The lowest BCUT2D eigenvalue weighted by molar-refractivity contribution is 0.101. The quantitative estimate of drug-likeness (QED) is 0.832. The van der Waals surface area contributed by atoms with Gasteiger partial charge in [0.15, 0.2) is 0 Å². The van der Waals surface area contributed by atoms with Crippen molar-refractivity contribution in [2.24, 2.45) is 0 Å². The van der Waals surface area contributed by atoms with Crippen molar-refractivity contribution in [1.29, 1.82) is 5.26 Å². The van der Waals surface area contributed by atoms with Gasteiger partial charge in [-0.25, -0.2) is 0 Å². The van der Waals surface area contributed by atoms with Gasteiger partial charge in [0.2, 0.25) is 0 Å². The fourth-order valence-electron chi connectivity index (χ4n) is 1.84. The summed E-state index contributed by atoms with van der Waals surface area (Å²) in [6.07, 6.45) is 0. The van der Waals surface area contributed by atoms with Crippen molar-refractivity contribution in [3.8, 4) is 11.8 Å². The van der Waals surface area contributed by atoms with Gasteiger partial charge < -0.3 is 14.8 Å². The maximum absolute atomic E-state index is 12.3. The monoisotopic (exact) mass is 296 g/mol. The number of nitrogens with one attached hydrogen (secondary N) is 1. The number of hydrogen-bond donors (Lipinski definition) is 1. The third kappa shape index (κ3) is 4.08. The molecule has 2 rings (SSSR count). The Morgan fingerprint density at radius 2 is 1.86 bits per heavy atom. The molecule has 0 saturated heterocycles. The maximum atomic E-state index is 12.3. The first kappa shape index (κ1) is 15.5. The highest BCUT2D eigenvalue weighted by Gasteiger charge is 2.12. The zero-order valence-corrected chi connectivity index (χ0v) is 12.2. The molecule has 2 aromatic rings. The SMILES string of the molecule is COCCOc1ccccc1C(=O)Nc1ccc(C#N)cc1. The smallest absolute Gasteiger partial charge is 0.259 e. The predicted molar refractivity (Wildman–Crippen MR) is 82.9 cm³/mol. The van der Waals surface area contributed by atoms with E-state index < -0.39 is 0 Å². The van der Waals surface area contributed by atoms with Crippen LogP contribution in [0.2, 0.25) is 0 Å². The van der Waals surface area contributed by atoms with E-state index in [1.165, 1.54) is 0 Å². The molecule has 0 saturated carbocycles. The summed E-state index contributed by atoms with van der Waals surface area (Å²) in [6.45, 7) is 0.823. The highest BCUT2D eigenvalue weighted by atomic mass is 16.5. The fourth-order valence-corrected chi connectivity index (χ4v) is 1.84. The molecule has 0 heterocycles. The Labute approximate surface area is 129 Å². The van der Waals surface area contributed by atoms with E-state index >= 15 is 0 Å². The summed E-state index contributed by atoms with van der Waals surface area (Å²) < 4.78 is 10.5. The summed E-state index contributed by atoms with van der Waals surface area (Å²) >= 11 is 0. The molecule has 22 heavy (non-hydrogen) atoms. The third-order valence-corrected chi connectivity index (χ3v) is 2.95. The second-order valence-electron chi connectivity index (χ2n) is 4.48. The maximum Gasteiger partial charge on any atom is 0.259 e. The summed E-state index contributed by atoms with van der Waals surface area (Å²) in [5.41, 5.74) is 1.61. The first-order valence-electron chi connectivity index (χ1n) is 6.77. The molecule has 112 valence electrons. The zero-order valence-electron chi connectivity index (χ0n) is 12.2.